The average Bonchev–Trinajstić information content (AvgIpc) is 3.98. The molecule has 11 aromatic rings. The van der Waals surface area contributed by atoms with Crippen LogP contribution in [0.25, 0.3) is 66.1 Å². The number of aryl methyl sites for hydroxylation is 1. The Morgan fingerprint density at radius 3 is 1.54 bits per heavy atom. The molecule has 4 heterocycles. The zero-order valence-corrected chi connectivity index (χ0v) is 34.3. The Morgan fingerprint density at radius 1 is 0.476 bits per heavy atom. The molecule has 0 atom stereocenters. The summed E-state index contributed by atoms with van der Waals surface area (Å²) < 4.78 is 44.5. The van der Waals surface area contributed by atoms with E-state index in [1.165, 1.54) is 5.69 Å². The fourth-order valence-corrected chi connectivity index (χ4v) is 9.41. The third-order valence-electron chi connectivity index (χ3n) is 12.1. The maximum atomic E-state index is 9.05. The largest absolute Gasteiger partial charge is 0.457 e. The Balaban J connectivity index is 0.977. The molecule has 0 bridgehead atoms. The van der Waals surface area contributed by atoms with Crippen LogP contribution < -0.4 is 19.3 Å². The second-order valence-electron chi connectivity index (χ2n) is 15.9. The number of hydrogen-bond donors (Lipinski definition) is 0. The second kappa shape index (κ2) is 14.7. The quantitative estimate of drug-likeness (QED) is 0.153. The molecule has 7 nitrogen and oxygen atoms in total. The molecule has 3 aromatic heterocycles. The third-order valence-corrected chi connectivity index (χ3v) is 12.1. The highest BCUT2D eigenvalue weighted by Crippen LogP contribution is 2.44. The Hall–Kier alpha value is -8.29. The van der Waals surface area contributed by atoms with Crippen molar-refractivity contribution in [3.8, 4) is 45.6 Å². The number of para-hydroxylation sites is 6. The highest BCUT2D eigenvalue weighted by Gasteiger charge is 2.25. The second-order valence-corrected chi connectivity index (χ2v) is 15.9. The Labute approximate surface area is 369 Å². The molecule has 0 amide bonds. The van der Waals surface area contributed by atoms with Gasteiger partial charge < -0.3 is 28.4 Å². The van der Waals surface area contributed by atoms with Crippen LogP contribution >= 0.6 is 0 Å². The van der Waals surface area contributed by atoms with Gasteiger partial charge in [0.05, 0.1) is 51.5 Å². The van der Waals surface area contributed by atoms with Crippen LogP contribution in [0.15, 0.2) is 200 Å². The van der Waals surface area contributed by atoms with Crippen LogP contribution in [0.1, 0.15) is 9.68 Å². The first kappa shape index (κ1) is 33.4. The lowest BCUT2D eigenvalue weighted by Gasteiger charge is -2.21. The van der Waals surface area contributed by atoms with E-state index >= 15 is 0 Å². The molecule has 7 heteroatoms. The summed E-state index contributed by atoms with van der Waals surface area (Å²) >= 11 is 0. The van der Waals surface area contributed by atoms with Gasteiger partial charge in [0.25, 0.3) is 0 Å². The molecule has 0 saturated carbocycles. The van der Waals surface area contributed by atoms with E-state index in [0.29, 0.717) is 22.8 Å². The van der Waals surface area contributed by atoms with Crippen molar-refractivity contribution in [1.29, 1.82) is 0 Å². The number of benzene rings is 8. The first-order valence-corrected chi connectivity index (χ1v) is 21.0. The molecule has 0 fully saturated rings. The standard InChI is InChI=1S/C56H41N5O2/c1-37-32-55(63-41-19-14-18-40(34-41)62-39-17-13-16-38(33-39)59-36-58(2)51-28-11-12-29-52(51)59)57-35-46(37)56-53(60-47-24-7-3-20-42(47)43-21-4-8-25-48(43)60)30-15-31-54(56)61-49-26-9-5-22-44(49)45-23-6-10-27-50(45)61/h3-35H,36H2,1-2H3/i1D3. The molecular formula is C56H41N5O2. The molecular weight excluding hydrogens is 775 g/mol. The molecule has 12 rings (SSSR count). The minimum atomic E-state index is -2.55. The van der Waals surface area contributed by atoms with Crippen molar-refractivity contribution in [1.82, 2.24) is 14.1 Å². The molecule has 0 radical (unpaired) electrons. The van der Waals surface area contributed by atoms with Crippen molar-refractivity contribution in [3.63, 3.8) is 0 Å². The Morgan fingerprint density at radius 2 is 0.952 bits per heavy atom. The lowest BCUT2D eigenvalue weighted by Crippen LogP contribution is -2.23. The maximum Gasteiger partial charge on any atom is 0.219 e. The van der Waals surface area contributed by atoms with Crippen LogP contribution in [0, 0.1) is 6.85 Å². The summed E-state index contributed by atoms with van der Waals surface area (Å²) in [6.07, 6.45) is 1.65. The van der Waals surface area contributed by atoms with E-state index in [2.05, 4.69) is 147 Å². The van der Waals surface area contributed by atoms with Gasteiger partial charge >= 0.3 is 0 Å². The number of aromatic nitrogens is 3. The van der Waals surface area contributed by atoms with E-state index in [0.717, 1.165) is 78.6 Å². The van der Waals surface area contributed by atoms with Crippen molar-refractivity contribution in [3.05, 3.63) is 206 Å². The third kappa shape index (κ3) is 6.08. The summed E-state index contributed by atoms with van der Waals surface area (Å²) in [4.78, 5) is 9.35. The Kier molecular flexibility index (Phi) is 7.81. The van der Waals surface area contributed by atoms with E-state index in [1.54, 1.807) is 18.3 Å². The van der Waals surface area contributed by atoms with Gasteiger partial charge in [-0.1, -0.05) is 103 Å². The monoisotopic (exact) mass is 818 g/mol. The number of pyridine rings is 1. The van der Waals surface area contributed by atoms with Crippen molar-refractivity contribution in [2.45, 2.75) is 6.85 Å². The summed E-state index contributed by atoms with van der Waals surface area (Å²) in [6, 6.07) is 64.8. The average molecular weight is 819 g/mol. The predicted molar refractivity (Wildman–Crippen MR) is 258 cm³/mol. The van der Waals surface area contributed by atoms with Gasteiger partial charge in [0.2, 0.25) is 5.88 Å². The summed E-state index contributed by atoms with van der Waals surface area (Å²) in [6.45, 7) is -1.83. The molecule has 0 aliphatic carbocycles. The number of hydrogen-bond acceptors (Lipinski definition) is 5. The molecule has 0 unspecified atom stereocenters. The van der Waals surface area contributed by atoms with Crippen molar-refractivity contribution in [2.75, 3.05) is 23.5 Å². The van der Waals surface area contributed by atoms with E-state index in [4.69, 9.17) is 18.6 Å². The van der Waals surface area contributed by atoms with Gasteiger partial charge in [0.1, 0.15) is 17.2 Å². The van der Waals surface area contributed by atoms with Crippen molar-refractivity contribution < 1.29 is 13.6 Å². The molecule has 8 aromatic carbocycles. The molecule has 0 N–H and O–H groups in total. The highest BCUT2D eigenvalue weighted by atomic mass is 16.5. The lowest BCUT2D eigenvalue weighted by atomic mass is 9.98. The van der Waals surface area contributed by atoms with Crippen LogP contribution in [0.2, 0.25) is 0 Å². The minimum absolute atomic E-state index is 0.112. The van der Waals surface area contributed by atoms with Crippen LogP contribution in [0.3, 0.4) is 0 Å². The van der Waals surface area contributed by atoms with Gasteiger partial charge in [0, 0.05) is 73.9 Å². The van der Waals surface area contributed by atoms with Crippen LogP contribution in [0.4, 0.5) is 17.1 Å². The fourth-order valence-electron chi connectivity index (χ4n) is 9.41. The molecule has 63 heavy (non-hydrogen) atoms. The number of rotatable bonds is 8. The summed E-state index contributed by atoms with van der Waals surface area (Å²) in [5.74, 6) is 1.83. The molecule has 1 aliphatic heterocycles. The summed E-state index contributed by atoms with van der Waals surface area (Å²) in [7, 11) is 2.09. The smallest absolute Gasteiger partial charge is 0.219 e. The van der Waals surface area contributed by atoms with Gasteiger partial charge in [0.15, 0.2) is 0 Å². The number of ether oxygens (including phenoxy) is 2. The molecule has 302 valence electrons. The summed E-state index contributed by atoms with van der Waals surface area (Å²) in [5, 5.41) is 4.40. The fraction of sp³-hybridized carbons (Fsp3) is 0.0536. The number of fused-ring (bicyclic) bond motifs is 7. The van der Waals surface area contributed by atoms with E-state index in [-0.39, 0.29) is 11.4 Å². The molecule has 1 aliphatic rings. The van der Waals surface area contributed by atoms with Gasteiger partial charge in [-0.05, 0) is 85.2 Å². The maximum absolute atomic E-state index is 9.05. The van der Waals surface area contributed by atoms with Crippen LogP contribution in [-0.2, 0) is 0 Å². The normalized spacial score (nSPS) is 13.4. The first-order chi connectivity index (χ1) is 32.3. The van der Waals surface area contributed by atoms with E-state index < -0.39 is 6.85 Å². The van der Waals surface area contributed by atoms with Gasteiger partial charge in [-0.15, -0.1) is 0 Å². The topological polar surface area (TPSA) is 47.7 Å². The molecule has 0 spiro atoms. The van der Waals surface area contributed by atoms with Crippen LogP contribution in [-0.4, -0.2) is 27.8 Å². The first-order valence-electron chi connectivity index (χ1n) is 22.5. The zero-order chi connectivity index (χ0) is 44.5. The number of nitrogens with zero attached hydrogens (tertiary/aromatic N) is 5. The van der Waals surface area contributed by atoms with Gasteiger partial charge in [-0.25, -0.2) is 4.98 Å². The highest BCUT2D eigenvalue weighted by molar-refractivity contribution is 6.12. The number of anilines is 3. The van der Waals surface area contributed by atoms with Crippen molar-refractivity contribution in [2.24, 2.45) is 0 Å². The van der Waals surface area contributed by atoms with Crippen molar-refractivity contribution >= 4 is 60.7 Å². The SMILES string of the molecule is [2H]C([2H])([2H])c1cc(Oc2cccc(Oc3cccc(N4CN(C)c5ccccc54)c3)c2)ncc1-c1c(-n2c3ccccc3c3ccccc32)cccc1-n1c2ccccc2c2ccccc21. The van der Waals surface area contributed by atoms with Gasteiger partial charge in [-0.2, -0.15) is 0 Å². The minimum Gasteiger partial charge on any atom is -0.457 e. The van der Waals surface area contributed by atoms with E-state index in [9.17, 15) is 0 Å². The van der Waals surface area contributed by atoms with Gasteiger partial charge in [-0.3, -0.25) is 0 Å². The lowest BCUT2D eigenvalue weighted by molar-refractivity contribution is 0.449. The predicted octanol–water partition coefficient (Wildman–Crippen LogP) is 14.4. The Bertz CT molecular complexity index is 3450. The zero-order valence-electron chi connectivity index (χ0n) is 37.3. The van der Waals surface area contributed by atoms with E-state index in [1.807, 2.05) is 60.7 Å². The summed E-state index contributed by atoms with van der Waals surface area (Å²) in [5.41, 5.74) is 10.3. The molecule has 0 saturated heterocycles. The van der Waals surface area contributed by atoms with Crippen LogP contribution in [0.5, 0.6) is 23.1 Å².